The number of rotatable bonds is 5. The van der Waals surface area contributed by atoms with Crippen LogP contribution in [0.1, 0.15) is 11.1 Å². The third-order valence-electron chi connectivity index (χ3n) is 4.19. The molecule has 7 heteroatoms. The third-order valence-corrected chi connectivity index (χ3v) is 4.19. The molecule has 2 aromatic rings. The Morgan fingerprint density at radius 3 is 2.00 bits per heavy atom. The number of benzene rings is 2. The average molecular weight is 368 g/mol. The summed E-state index contributed by atoms with van der Waals surface area (Å²) in [5.41, 5.74) is 1.61. The first kappa shape index (κ1) is 18.4. The van der Waals surface area contributed by atoms with E-state index >= 15 is 0 Å². The second-order valence-electron chi connectivity index (χ2n) is 6.18. The topological polar surface area (TPSA) is 76.2 Å². The second kappa shape index (κ2) is 8.35. The molecule has 1 aliphatic heterocycles. The van der Waals surface area contributed by atoms with Gasteiger partial charge in [-0.05, 0) is 11.1 Å². The quantitative estimate of drug-likeness (QED) is 0.759. The van der Waals surface area contributed by atoms with Crippen LogP contribution in [0, 0.1) is 0 Å². The number of hydrogen-bond donors (Lipinski definition) is 0. The molecular weight excluding hydrogens is 348 g/mol. The Morgan fingerprint density at radius 1 is 0.926 bits per heavy atom. The summed E-state index contributed by atoms with van der Waals surface area (Å²) in [4.78, 5) is 39.3. The molecule has 3 amide bonds. The van der Waals surface area contributed by atoms with Gasteiger partial charge in [0.25, 0.3) is 0 Å². The van der Waals surface area contributed by atoms with E-state index < -0.39 is 24.1 Å². The molecule has 2 aromatic carbocycles. The normalized spacial score (nSPS) is 16.3. The van der Waals surface area contributed by atoms with Crippen LogP contribution in [0.3, 0.4) is 0 Å². The van der Waals surface area contributed by atoms with E-state index in [0.717, 1.165) is 16.0 Å². The number of carbonyl (C=O) groups excluding carboxylic acids is 3. The summed E-state index contributed by atoms with van der Waals surface area (Å²) in [6.45, 7) is 0.146. The van der Waals surface area contributed by atoms with Crippen molar-refractivity contribution in [2.45, 2.75) is 19.3 Å². The maximum atomic E-state index is 12.4. The third kappa shape index (κ3) is 4.44. The number of likely N-dealkylation sites (N-methyl/N-ethyl adjacent to an activating group) is 1. The number of urea groups is 1. The van der Waals surface area contributed by atoms with E-state index in [4.69, 9.17) is 9.47 Å². The largest absolute Gasteiger partial charge is 0.459 e. The summed E-state index contributed by atoms with van der Waals surface area (Å²) >= 11 is 0. The van der Waals surface area contributed by atoms with Gasteiger partial charge in [0.2, 0.25) is 0 Å². The minimum Gasteiger partial charge on any atom is -0.459 e. The molecule has 0 N–H and O–H groups in total. The lowest BCUT2D eigenvalue weighted by Gasteiger charge is -2.19. The van der Waals surface area contributed by atoms with Crippen LogP contribution in [-0.2, 0) is 27.5 Å². The highest BCUT2D eigenvalue weighted by Crippen LogP contribution is 2.18. The highest BCUT2D eigenvalue weighted by Gasteiger charge is 2.45. The van der Waals surface area contributed by atoms with Crippen LogP contribution in [0.5, 0.6) is 0 Å². The van der Waals surface area contributed by atoms with Crippen molar-refractivity contribution < 1.29 is 23.9 Å². The van der Waals surface area contributed by atoms with Crippen molar-refractivity contribution in [3.63, 3.8) is 0 Å². The Bertz CT molecular complexity index is 810. The minimum absolute atomic E-state index is 0.0128. The molecule has 0 unspecified atom stereocenters. The molecule has 0 bridgehead atoms. The number of ether oxygens (including phenoxy) is 2. The number of esters is 1. The van der Waals surface area contributed by atoms with Crippen molar-refractivity contribution in [1.29, 1.82) is 0 Å². The summed E-state index contributed by atoms with van der Waals surface area (Å²) in [6.07, 6.45) is -0.866. The predicted molar refractivity (Wildman–Crippen MR) is 96.5 cm³/mol. The van der Waals surface area contributed by atoms with Crippen molar-refractivity contribution in [3.05, 3.63) is 71.8 Å². The van der Waals surface area contributed by atoms with Crippen LogP contribution in [-0.4, -0.2) is 47.5 Å². The zero-order valence-corrected chi connectivity index (χ0v) is 14.9. The molecular formula is C20H20N2O5. The second-order valence-corrected chi connectivity index (χ2v) is 6.18. The van der Waals surface area contributed by atoms with Gasteiger partial charge in [-0.3, -0.25) is 0 Å². The first-order chi connectivity index (χ1) is 13.1. The van der Waals surface area contributed by atoms with Gasteiger partial charge in [-0.1, -0.05) is 60.7 Å². The van der Waals surface area contributed by atoms with Gasteiger partial charge in [0.1, 0.15) is 13.2 Å². The molecule has 0 spiro atoms. The Hall–Kier alpha value is -3.35. The van der Waals surface area contributed by atoms with Gasteiger partial charge in [-0.15, -0.1) is 0 Å². The summed E-state index contributed by atoms with van der Waals surface area (Å²) < 4.78 is 10.5. The minimum atomic E-state index is -1.03. The van der Waals surface area contributed by atoms with Crippen molar-refractivity contribution in [2.24, 2.45) is 0 Å². The van der Waals surface area contributed by atoms with Crippen molar-refractivity contribution >= 4 is 18.1 Å². The molecule has 1 heterocycles. The van der Waals surface area contributed by atoms with Gasteiger partial charge in [0.15, 0.2) is 6.04 Å². The molecule has 0 radical (unpaired) electrons. The van der Waals surface area contributed by atoms with E-state index in [9.17, 15) is 14.4 Å². The average Bonchev–Trinajstić information content (AvgIpc) is 3.00. The number of imide groups is 1. The van der Waals surface area contributed by atoms with Crippen LogP contribution in [0.2, 0.25) is 0 Å². The molecule has 140 valence electrons. The molecule has 1 fully saturated rings. The van der Waals surface area contributed by atoms with Crippen molar-refractivity contribution in [1.82, 2.24) is 9.80 Å². The van der Waals surface area contributed by atoms with Crippen molar-refractivity contribution in [2.75, 3.05) is 13.6 Å². The first-order valence-electron chi connectivity index (χ1n) is 8.52. The molecule has 1 saturated heterocycles. The van der Waals surface area contributed by atoms with E-state index in [1.165, 1.54) is 11.9 Å². The van der Waals surface area contributed by atoms with Crippen LogP contribution in [0.25, 0.3) is 0 Å². The lowest BCUT2D eigenvalue weighted by atomic mass is 10.2. The molecule has 7 nitrogen and oxygen atoms in total. The number of hydrogen-bond acceptors (Lipinski definition) is 5. The van der Waals surface area contributed by atoms with E-state index in [1.54, 1.807) is 12.1 Å². The molecule has 3 rings (SSSR count). The van der Waals surface area contributed by atoms with Crippen LogP contribution in [0.15, 0.2) is 60.7 Å². The molecule has 0 aromatic heterocycles. The molecule has 1 atom stereocenters. The van der Waals surface area contributed by atoms with Gasteiger partial charge in [0.05, 0.1) is 6.54 Å². The van der Waals surface area contributed by atoms with Crippen LogP contribution >= 0.6 is 0 Å². The Kier molecular flexibility index (Phi) is 5.71. The van der Waals surface area contributed by atoms with Crippen molar-refractivity contribution in [3.8, 4) is 0 Å². The van der Waals surface area contributed by atoms with E-state index in [2.05, 4.69) is 0 Å². The molecule has 27 heavy (non-hydrogen) atoms. The fourth-order valence-corrected chi connectivity index (χ4v) is 2.74. The first-order valence-corrected chi connectivity index (χ1v) is 8.52. The number of amides is 3. The lowest BCUT2D eigenvalue weighted by Crippen LogP contribution is -2.44. The molecule has 0 aliphatic carbocycles. The number of carbonyl (C=O) groups is 3. The van der Waals surface area contributed by atoms with Crippen LogP contribution < -0.4 is 0 Å². The van der Waals surface area contributed by atoms with E-state index in [0.29, 0.717) is 0 Å². The SMILES string of the molecule is CN1C[C@H](C(=O)OCc2ccccc2)N(C(=O)OCc2ccccc2)C1=O. The smallest absolute Gasteiger partial charge is 0.419 e. The summed E-state index contributed by atoms with van der Waals surface area (Å²) in [7, 11) is 1.52. The fourth-order valence-electron chi connectivity index (χ4n) is 2.74. The lowest BCUT2D eigenvalue weighted by molar-refractivity contribution is -0.149. The monoisotopic (exact) mass is 368 g/mol. The Morgan fingerprint density at radius 2 is 1.44 bits per heavy atom. The zero-order chi connectivity index (χ0) is 19.2. The highest BCUT2D eigenvalue weighted by molar-refractivity contribution is 5.98. The van der Waals surface area contributed by atoms with Gasteiger partial charge >= 0.3 is 18.1 Å². The predicted octanol–water partition coefficient (Wildman–Crippen LogP) is 2.80. The van der Waals surface area contributed by atoms with Gasteiger partial charge < -0.3 is 14.4 Å². The van der Waals surface area contributed by atoms with Crippen LogP contribution in [0.4, 0.5) is 9.59 Å². The summed E-state index contributed by atoms with van der Waals surface area (Å²) in [5.74, 6) is -0.645. The standard InChI is InChI=1S/C20H20N2O5/c1-21-12-17(18(23)26-13-15-8-4-2-5-9-15)22(19(21)24)20(25)27-14-16-10-6-3-7-11-16/h2-11,17H,12-14H2,1H3/t17-/m1/s1. The summed E-state index contributed by atoms with van der Waals surface area (Å²) in [6, 6.07) is 16.7. The van der Waals surface area contributed by atoms with Gasteiger partial charge in [-0.25, -0.2) is 19.3 Å². The highest BCUT2D eigenvalue weighted by atomic mass is 16.6. The number of nitrogens with zero attached hydrogens (tertiary/aromatic N) is 2. The maximum Gasteiger partial charge on any atom is 0.419 e. The Balaban J connectivity index is 1.63. The van der Waals surface area contributed by atoms with E-state index in [1.807, 2.05) is 48.5 Å². The summed E-state index contributed by atoms with van der Waals surface area (Å²) in [5, 5.41) is 0. The molecule has 0 saturated carbocycles. The zero-order valence-electron chi connectivity index (χ0n) is 14.9. The fraction of sp³-hybridized carbons (Fsp3) is 0.250. The Labute approximate surface area is 157 Å². The van der Waals surface area contributed by atoms with Gasteiger partial charge in [-0.2, -0.15) is 0 Å². The molecule has 1 aliphatic rings. The van der Waals surface area contributed by atoms with Gasteiger partial charge in [0, 0.05) is 7.05 Å². The maximum absolute atomic E-state index is 12.4. The van der Waals surface area contributed by atoms with E-state index in [-0.39, 0.29) is 19.8 Å².